The van der Waals surface area contributed by atoms with Crippen LogP contribution < -0.4 is 4.72 Å². The third kappa shape index (κ3) is 4.93. The summed E-state index contributed by atoms with van der Waals surface area (Å²) in [4.78, 5) is 25.0. The SMILES string of the molecule is C[C@@H](OC(=O)c1ccc(S(=O)(=O)NCCC#N)cc1)C(=O)c1ccc2c(c1)CCC2. The van der Waals surface area contributed by atoms with Crippen molar-refractivity contribution in [2.75, 3.05) is 6.54 Å². The number of carbonyl (C=O) groups excluding carboxylic acids is 2. The number of rotatable bonds is 8. The molecule has 1 atom stereocenters. The standard InChI is InChI=1S/C22H22N2O5S/c1-15(21(25)19-7-6-16-4-2-5-18(16)14-19)29-22(26)17-8-10-20(11-9-17)30(27,28)24-13-3-12-23/h6-11,14-15,24H,2-5,13H2,1H3/t15-/m1/s1. The number of aryl methyl sites for hydroxylation is 2. The highest BCUT2D eigenvalue weighted by Crippen LogP contribution is 2.24. The third-order valence-corrected chi connectivity index (χ3v) is 6.44. The molecule has 0 aliphatic heterocycles. The fraction of sp³-hybridized carbons (Fsp3) is 0.318. The second-order valence-electron chi connectivity index (χ2n) is 7.08. The van der Waals surface area contributed by atoms with Crippen molar-refractivity contribution in [3.05, 3.63) is 64.7 Å². The van der Waals surface area contributed by atoms with E-state index in [2.05, 4.69) is 4.72 Å². The van der Waals surface area contributed by atoms with Crippen molar-refractivity contribution < 1.29 is 22.7 Å². The van der Waals surface area contributed by atoms with Crippen molar-refractivity contribution in [2.45, 2.75) is 43.6 Å². The van der Waals surface area contributed by atoms with Gasteiger partial charge in [-0.2, -0.15) is 5.26 Å². The van der Waals surface area contributed by atoms with Gasteiger partial charge in [0.15, 0.2) is 6.10 Å². The molecule has 0 spiro atoms. The van der Waals surface area contributed by atoms with Gasteiger partial charge in [-0.1, -0.05) is 12.1 Å². The Morgan fingerprint density at radius 1 is 1.10 bits per heavy atom. The van der Waals surface area contributed by atoms with Crippen LogP contribution in [-0.2, 0) is 27.6 Å². The van der Waals surface area contributed by atoms with Gasteiger partial charge in [-0.3, -0.25) is 4.79 Å². The largest absolute Gasteiger partial charge is 0.451 e. The molecule has 0 heterocycles. The molecule has 0 aromatic heterocycles. The first-order chi connectivity index (χ1) is 14.3. The Kier molecular flexibility index (Phi) is 6.65. The van der Waals surface area contributed by atoms with Crippen LogP contribution in [0.5, 0.6) is 0 Å². The molecule has 1 N–H and O–H groups in total. The fourth-order valence-electron chi connectivity index (χ4n) is 3.34. The predicted molar refractivity (Wildman–Crippen MR) is 110 cm³/mol. The lowest BCUT2D eigenvalue weighted by Crippen LogP contribution is -2.25. The van der Waals surface area contributed by atoms with Crippen LogP contribution >= 0.6 is 0 Å². The summed E-state index contributed by atoms with van der Waals surface area (Å²) in [6.07, 6.45) is 2.14. The van der Waals surface area contributed by atoms with Crippen molar-refractivity contribution >= 4 is 21.8 Å². The topological polar surface area (TPSA) is 113 Å². The van der Waals surface area contributed by atoms with Gasteiger partial charge in [-0.25, -0.2) is 17.9 Å². The summed E-state index contributed by atoms with van der Waals surface area (Å²) in [6, 6.07) is 12.6. The number of fused-ring (bicyclic) bond motifs is 1. The number of ether oxygens (including phenoxy) is 1. The van der Waals surface area contributed by atoms with Crippen LogP contribution in [0.1, 0.15) is 51.6 Å². The molecule has 3 rings (SSSR count). The number of hydrogen-bond donors (Lipinski definition) is 1. The lowest BCUT2D eigenvalue weighted by atomic mass is 10.0. The Balaban J connectivity index is 1.64. The monoisotopic (exact) mass is 426 g/mol. The molecule has 0 saturated heterocycles. The quantitative estimate of drug-likeness (QED) is 0.394. The van der Waals surface area contributed by atoms with Crippen molar-refractivity contribution in [2.24, 2.45) is 0 Å². The number of carbonyl (C=O) groups is 2. The van der Waals surface area contributed by atoms with E-state index in [1.165, 1.54) is 42.3 Å². The molecule has 8 heteroatoms. The Morgan fingerprint density at radius 2 is 1.77 bits per heavy atom. The molecule has 0 amide bonds. The number of hydrogen-bond acceptors (Lipinski definition) is 6. The summed E-state index contributed by atoms with van der Waals surface area (Å²) in [5.74, 6) is -0.989. The van der Waals surface area contributed by atoms with Crippen LogP contribution in [0.2, 0.25) is 0 Å². The van der Waals surface area contributed by atoms with E-state index in [0.29, 0.717) is 5.56 Å². The van der Waals surface area contributed by atoms with Crippen LogP contribution in [0.25, 0.3) is 0 Å². The van der Waals surface area contributed by atoms with Crippen molar-refractivity contribution in [3.8, 4) is 6.07 Å². The molecule has 156 valence electrons. The minimum atomic E-state index is -3.76. The molecule has 0 bridgehead atoms. The zero-order valence-corrected chi connectivity index (χ0v) is 17.4. The van der Waals surface area contributed by atoms with Crippen LogP contribution in [0.4, 0.5) is 0 Å². The Bertz CT molecular complexity index is 1100. The lowest BCUT2D eigenvalue weighted by Gasteiger charge is -2.13. The number of nitrogens with zero attached hydrogens (tertiary/aromatic N) is 1. The number of Topliss-reactive ketones (excluding diaryl/α,β-unsaturated/α-hetero) is 1. The second-order valence-corrected chi connectivity index (χ2v) is 8.85. The van der Waals surface area contributed by atoms with Crippen LogP contribution in [0, 0.1) is 11.3 Å². The first-order valence-corrected chi connectivity index (χ1v) is 11.1. The summed E-state index contributed by atoms with van der Waals surface area (Å²) in [5, 5.41) is 8.50. The molecule has 0 radical (unpaired) electrons. The Labute approximate surface area is 175 Å². The summed E-state index contributed by atoms with van der Waals surface area (Å²) in [6.45, 7) is 1.52. The minimum Gasteiger partial charge on any atom is -0.451 e. The number of ketones is 1. The average molecular weight is 426 g/mol. The van der Waals surface area contributed by atoms with Crippen molar-refractivity contribution in [1.82, 2.24) is 4.72 Å². The number of benzene rings is 2. The normalized spacial score (nSPS) is 13.9. The summed E-state index contributed by atoms with van der Waals surface area (Å²) >= 11 is 0. The van der Waals surface area contributed by atoms with Gasteiger partial charge in [0, 0.05) is 18.5 Å². The Hall–Kier alpha value is -3.02. The van der Waals surface area contributed by atoms with E-state index in [-0.39, 0.29) is 29.2 Å². The molecule has 0 saturated carbocycles. The zero-order valence-electron chi connectivity index (χ0n) is 16.6. The summed E-state index contributed by atoms with van der Waals surface area (Å²) in [5.41, 5.74) is 3.08. The van der Waals surface area contributed by atoms with Gasteiger partial charge in [-0.15, -0.1) is 0 Å². The lowest BCUT2D eigenvalue weighted by molar-refractivity contribution is 0.0318. The van der Waals surface area contributed by atoms with Crippen molar-refractivity contribution in [3.63, 3.8) is 0 Å². The van der Waals surface area contributed by atoms with Crippen LogP contribution in [-0.4, -0.2) is 32.8 Å². The van der Waals surface area contributed by atoms with E-state index < -0.39 is 22.1 Å². The van der Waals surface area contributed by atoms with Gasteiger partial charge in [-0.05, 0) is 67.6 Å². The molecular formula is C22H22N2O5S. The summed E-state index contributed by atoms with van der Waals surface area (Å²) in [7, 11) is -3.76. The molecule has 2 aromatic carbocycles. The van der Waals surface area contributed by atoms with Gasteiger partial charge < -0.3 is 4.74 Å². The van der Waals surface area contributed by atoms with Gasteiger partial charge in [0.05, 0.1) is 16.5 Å². The van der Waals surface area contributed by atoms with E-state index in [4.69, 9.17) is 10.00 Å². The number of sulfonamides is 1. The maximum absolute atomic E-state index is 12.6. The summed E-state index contributed by atoms with van der Waals surface area (Å²) < 4.78 is 31.8. The highest BCUT2D eigenvalue weighted by molar-refractivity contribution is 7.89. The van der Waals surface area contributed by atoms with Gasteiger partial charge in [0.1, 0.15) is 0 Å². The van der Waals surface area contributed by atoms with E-state index in [1.807, 2.05) is 18.2 Å². The first-order valence-electron chi connectivity index (χ1n) is 9.65. The van der Waals surface area contributed by atoms with Crippen molar-refractivity contribution in [1.29, 1.82) is 5.26 Å². The fourth-order valence-corrected chi connectivity index (χ4v) is 4.37. The second kappa shape index (κ2) is 9.20. The van der Waals surface area contributed by atoms with E-state index >= 15 is 0 Å². The minimum absolute atomic E-state index is 0.00491. The predicted octanol–water partition coefficient (Wildman–Crippen LogP) is 2.80. The molecule has 30 heavy (non-hydrogen) atoms. The molecule has 0 unspecified atom stereocenters. The van der Waals surface area contributed by atoms with Gasteiger partial charge in [0.2, 0.25) is 15.8 Å². The highest BCUT2D eigenvalue weighted by Gasteiger charge is 2.23. The van der Waals surface area contributed by atoms with Crippen LogP contribution in [0.15, 0.2) is 47.4 Å². The van der Waals surface area contributed by atoms with E-state index in [9.17, 15) is 18.0 Å². The Morgan fingerprint density at radius 3 is 2.47 bits per heavy atom. The third-order valence-electron chi connectivity index (χ3n) is 4.97. The molecule has 0 fully saturated rings. The zero-order chi connectivity index (χ0) is 21.7. The molecule has 2 aromatic rings. The van der Waals surface area contributed by atoms with Gasteiger partial charge >= 0.3 is 5.97 Å². The van der Waals surface area contributed by atoms with E-state index in [0.717, 1.165) is 19.3 Å². The number of esters is 1. The number of nitriles is 1. The molecule has 1 aliphatic carbocycles. The first kappa shape index (κ1) is 21.7. The smallest absolute Gasteiger partial charge is 0.338 e. The number of nitrogens with one attached hydrogen (secondary N) is 1. The maximum atomic E-state index is 12.6. The molecule has 7 nitrogen and oxygen atoms in total. The average Bonchev–Trinajstić information content (AvgIpc) is 3.21. The molecule has 1 aliphatic rings. The van der Waals surface area contributed by atoms with Gasteiger partial charge in [0.25, 0.3) is 0 Å². The maximum Gasteiger partial charge on any atom is 0.338 e. The van der Waals surface area contributed by atoms with E-state index in [1.54, 1.807) is 6.07 Å². The molecular weight excluding hydrogens is 404 g/mol. The van der Waals surface area contributed by atoms with Crippen LogP contribution in [0.3, 0.4) is 0 Å². The highest BCUT2D eigenvalue weighted by atomic mass is 32.2.